The summed E-state index contributed by atoms with van der Waals surface area (Å²) in [5.41, 5.74) is 6.81. The van der Waals surface area contributed by atoms with E-state index in [1.165, 1.54) is 25.7 Å². The molecule has 1 aliphatic rings. The summed E-state index contributed by atoms with van der Waals surface area (Å²) in [6.45, 7) is 2.33. The van der Waals surface area contributed by atoms with Crippen LogP contribution in [0, 0.1) is 5.92 Å². The highest BCUT2D eigenvalue weighted by Crippen LogP contribution is 2.37. The molecule has 0 aromatic carbocycles. The Hall–Kier alpha value is -1.10. The summed E-state index contributed by atoms with van der Waals surface area (Å²) in [7, 11) is 0. The van der Waals surface area contributed by atoms with Crippen molar-refractivity contribution in [2.45, 2.75) is 38.5 Å². The molecule has 3 rings (SSSR count). The average molecular weight is 309 g/mol. The van der Waals surface area contributed by atoms with E-state index >= 15 is 0 Å². The fraction of sp³-hybridized carbons (Fsp3) is 0.538. The monoisotopic (exact) mass is 308 g/mol. The van der Waals surface area contributed by atoms with E-state index in [1.807, 2.05) is 6.20 Å². The highest BCUT2D eigenvalue weighted by atomic mass is 79.9. The van der Waals surface area contributed by atoms with Crippen molar-refractivity contribution in [1.82, 2.24) is 14.4 Å². The Morgan fingerprint density at radius 1 is 1.33 bits per heavy atom. The van der Waals surface area contributed by atoms with E-state index in [1.54, 1.807) is 6.20 Å². The fourth-order valence-corrected chi connectivity index (χ4v) is 3.42. The minimum Gasteiger partial charge on any atom is -0.382 e. The predicted molar refractivity (Wildman–Crippen MR) is 75.5 cm³/mol. The molecule has 2 aromatic heterocycles. The van der Waals surface area contributed by atoms with Gasteiger partial charge in [0.15, 0.2) is 5.82 Å². The van der Waals surface area contributed by atoms with Gasteiger partial charge >= 0.3 is 0 Å². The molecule has 0 amide bonds. The molecule has 0 spiro atoms. The number of nitrogens with two attached hydrogens (primary N) is 1. The first-order valence-electron chi connectivity index (χ1n) is 6.44. The molecule has 4 nitrogen and oxygen atoms in total. The number of aromatic nitrogens is 3. The predicted octanol–water partition coefficient (Wildman–Crippen LogP) is 3.37. The maximum Gasteiger partial charge on any atom is 0.150 e. The topological polar surface area (TPSA) is 56.2 Å². The van der Waals surface area contributed by atoms with Crippen molar-refractivity contribution in [2.24, 2.45) is 5.92 Å². The van der Waals surface area contributed by atoms with E-state index in [4.69, 9.17) is 5.73 Å². The first-order valence-corrected chi connectivity index (χ1v) is 7.24. The van der Waals surface area contributed by atoms with Gasteiger partial charge in [-0.25, -0.2) is 9.97 Å². The summed E-state index contributed by atoms with van der Waals surface area (Å²) in [5.74, 6) is 3.05. The van der Waals surface area contributed by atoms with Gasteiger partial charge in [-0.15, -0.1) is 0 Å². The fourth-order valence-electron chi connectivity index (χ4n) is 2.85. The second-order valence-electron chi connectivity index (χ2n) is 5.25. The molecular weight excluding hydrogens is 292 g/mol. The number of nitrogens with zero attached hydrogens (tertiary/aromatic N) is 3. The van der Waals surface area contributed by atoms with Gasteiger partial charge in [0.2, 0.25) is 0 Å². The lowest BCUT2D eigenvalue weighted by Crippen LogP contribution is -2.13. The van der Waals surface area contributed by atoms with E-state index in [0.29, 0.717) is 11.7 Å². The van der Waals surface area contributed by atoms with E-state index in [-0.39, 0.29) is 0 Å². The summed E-state index contributed by atoms with van der Waals surface area (Å²) in [6, 6.07) is 0. The third kappa shape index (κ3) is 1.90. The summed E-state index contributed by atoms with van der Waals surface area (Å²) < 4.78 is 2.90. The molecule has 2 N–H and O–H groups in total. The van der Waals surface area contributed by atoms with E-state index in [0.717, 1.165) is 21.9 Å². The molecule has 0 saturated heterocycles. The smallest absolute Gasteiger partial charge is 0.150 e. The minimum atomic E-state index is 0.535. The summed E-state index contributed by atoms with van der Waals surface area (Å²) in [4.78, 5) is 8.78. The lowest BCUT2D eigenvalue weighted by Gasteiger charge is -2.25. The summed E-state index contributed by atoms with van der Waals surface area (Å²) >= 11 is 3.50. The number of imidazole rings is 1. The molecular formula is C13H17BrN4. The number of hydrogen-bond acceptors (Lipinski definition) is 3. The van der Waals surface area contributed by atoms with Crippen molar-refractivity contribution in [2.75, 3.05) is 5.73 Å². The van der Waals surface area contributed by atoms with Crippen LogP contribution in [0.15, 0.2) is 17.0 Å². The van der Waals surface area contributed by atoms with Gasteiger partial charge in [0.1, 0.15) is 15.9 Å². The van der Waals surface area contributed by atoms with E-state index < -0.39 is 0 Å². The Morgan fingerprint density at radius 2 is 2.06 bits per heavy atom. The number of anilines is 1. The van der Waals surface area contributed by atoms with Crippen molar-refractivity contribution in [3.63, 3.8) is 0 Å². The van der Waals surface area contributed by atoms with Crippen LogP contribution in [-0.4, -0.2) is 14.4 Å². The standard InChI is InChI=1S/C13H17BrN4/c1-8-2-4-9(5-3-8)13-17-11(14)10-12(15)16-6-7-18(10)13/h6-9H,2-5H2,1H3,(H2,15,16). The number of halogens is 1. The summed E-state index contributed by atoms with van der Waals surface area (Å²) in [5, 5.41) is 0. The van der Waals surface area contributed by atoms with Crippen molar-refractivity contribution in [1.29, 1.82) is 0 Å². The van der Waals surface area contributed by atoms with Gasteiger partial charge in [0.05, 0.1) is 0 Å². The maximum atomic E-state index is 5.92. The first kappa shape index (κ1) is 12.0. The van der Waals surface area contributed by atoms with Gasteiger partial charge in [0, 0.05) is 18.3 Å². The van der Waals surface area contributed by atoms with Gasteiger partial charge < -0.3 is 5.73 Å². The van der Waals surface area contributed by atoms with Crippen LogP contribution in [0.25, 0.3) is 5.52 Å². The molecule has 0 aliphatic heterocycles. The van der Waals surface area contributed by atoms with E-state index in [2.05, 4.69) is 37.2 Å². The number of rotatable bonds is 1. The van der Waals surface area contributed by atoms with Crippen molar-refractivity contribution in [3.8, 4) is 0 Å². The zero-order valence-corrected chi connectivity index (χ0v) is 12.0. The minimum absolute atomic E-state index is 0.535. The molecule has 5 heteroatoms. The third-order valence-electron chi connectivity index (χ3n) is 3.95. The van der Waals surface area contributed by atoms with Crippen molar-refractivity contribution in [3.05, 3.63) is 22.8 Å². The molecule has 18 heavy (non-hydrogen) atoms. The van der Waals surface area contributed by atoms with Crippen LogP contribution in [0.4, 0.5) is 5.82 Å². The Labute approximate surface area is 115 Å². The lowest BCUT2D eigenvalue weighted by atomic mass is 9.82. The highest BCUT2D eigenvalue weighted by molar-refractivity contribution is 9.10. The lowest BCUT2D eigenvalue weighted by molar-refractivity contribution is 0.339. The van der Waals surface area contributed by atoms with Crippen molar-refractivity contribution >= 4 is 27.3 Å². The molecule has 2 heterocycles. The Kier molecular flexibility index (Phi) is 3.01. The third-order valence-corrected chi connectivity index (χ3v) is 4.50. The Bertz CT molecular complexity index is 570. The van der Waals surface area contributed by atoms with Gasteiger partial charge in [-0.3, -0.25) is 4.40 Å². The summed E-state index contributed by atoms with van der Waals surface area (Å²) in [6.07, 6.45) is 8.71. The van der Waals surface area contributed by atoms with Crippen LogP contribution in [0.5, 0.6) is 0 Å². The van der Waals surface area contributed by atoms with E-state index in [9.17, 15) is 0 Å². The van der Waals surface area contributed by atoms with Crippen LogP contribution in [0.2, 0.25) is 0 Å². The number of hydrogen-bond donors (Lipinski definition) is 1. The molecule has 1 fully saturated rings. The SMILES string of the molecule is CC1CCC(c2nc(Br)c3c(N)nccn23)CC1. The molecule has 0 atom stereocenters. The molecule has 96 valence electrons. The van der Waals surface area contributed by atoms with Crippen LogP contribution < -0.4 is 5.73 Å². The maximum absolute atomic E-state index is 5.92. The molecule has 0 unspecified atom stereocenters. The van der Waals surface area contributed by atoms with Gasteiger partial charge in [0.25, 0.3) is 0 Å². The zero-order chi connectivity index (χ0) is 12.7. The zero-order valence-electron chi connectivity index (χ0n) is 10.4. The van der Waals surface area contributed by atoms with Crippen LogP contribution in [-0.2, 0) is 0 Å². The molecule has 0 bridgehead atoms. The largest absolute Gasteiger partial charge is 0.382 e. The highest BCUT2D eigenvalue weighted by Gasteiger charge is 2.24. The van der Waals surface area contributed by atoms with Crippen molar-refractivity contribution < 1.29 is 0 Å². The second-order valence-corrected chi connectivity index (χ2v) is 6.00. The Morgan fingerprint density at radius 3 is 2.78 bits per heavy atom. The van der Waals surface area contributed by atoms with Gasteiger partial charge in [-0.2, -0.15) is 0 Å². The quantitative estimate of drug-likeness (QED) is 0.878. The molecule has 2 aromatic rings. The molecule has 1 saturated carbocycles. The van der Waals surface area contributed by atoms with Crippen LogP contribution in [0.1, 0.15) is 44.3 Å². The molecule has 0 radical (unpaired) electrons. The molecule has 1 aliphatic carbocycles. The average Bonchev–Trinajstić information content (AvgIpc) is 2.69. The Balaban J connectivity index is 2.05. The number of nitrogen functional groups attached to an aromatic ring is 1. The van der Waals surface area contributed by atoms with Crippen LogP contribution in [0.3, 0.4) is 0 Å². The second kappa shape index (κ2) is 4.53. The van der Waals surface area contributed by atoms with Gasteiger partial charge in [-0.1, -0.05) is 19.8 Å². The van der Waals surface area contributed by atoms with Crippen LogP contribution >= 0.6 is 15.9 Å². The first-order chi connectivity index (χ1) is 8.66. The number of fused-ring (bicyclic) bond motifs is 1. The normalized spacial score (nSPS) is 24.6. The van der Waals surface area contributed by atoms with Gasteiger partial charge in [-0.05, 0) is 34.7 Å².